The van der Waals surface area contributed by atoms with Gasteiger partial charge < -0.3 is 25.5 Å². The summed E-state index contributed by atoms with van der Waals surface area (Å²) >= 11 is 0.569. The molecule has 0 amide bonds. The van der Waals surface area contributed by atoms with Crippen molar-refractivity contribution in [2.75, 3.05) is 65.4 Å². The van der Waals surface area contributed by atoms with E-state index < -0.39 is 11.9 Å². The number of hydrogen-bond donors (Lipinski definition) is 3. The van der Waals surface area contributed by atoms with Gasteiger partial charge in [-0.2, -0.15) is 0 Å². The number of hydrogen-bond acceptors (Lipinski definition) is 5. The van der Waals surface area contributed by atoms with Gasteiger partial charge in [0.05, 0.1) is 5.92 Å². The van der Waals surface area contributed by atoms with E-state index in [-0.39, 0.29) is 5.41 Å². The van der Waals surface area contributed by atoms with Gasteiger partial charge in [-0.05, 0) is 12.0 Å². The molecule has 1 aromatic rings. The first kappa shape index (κ1) is 25.9. The van der Waals surface area contributed by atoms with Gasteiger partial charge in [-0.3, -0.25) is 4.79 Å². The predicted octanol–water partition coefficient (Wildman–Crippen LogP) is 2.12. The second kappa shape index (κ2) is 13.9. The predicted molar refractivity (Wildman–Crippen MR) is 120 cm³/mol. The summed E-state index contributed by atoms with van der Waals surface area (Å²) in [4.78, 5) is 17.2. The molecular weight excluding hydrogens is 470 g/mol. The Morgan fingerprint density at radius 1 is 1.03 bits per heavy atom. The minimum atomic E-state index is -0.677. The third kappa shape index (κ3) is 8.62. The Bertz CT molecular complexity index is 606. The molecule has 2 aliphatic heterocycles. The van der Waals surface area contributed by atoms with E-state index in [1.54, 1.807) is 0 Å². The molecule has 2 heterocycles. The molecule has 2 bridgehead atoms. The van der Waals surface area contributed by atoms with Crippen LogP contribution in [0.1, 0.15) is 12.5 Å². The molecule has 2 aliphatic rings. The van der Waals surface area contributed by atoms with Gasteiger partial charge in [0.1, 0.15) is 0 Å². The van der Waals surface area contributed by atoms with E-state index in [0.717, 1.165) is 71.0 Å². The molecule has 6 nitrogen and oxygen atoms in total. The van der Waals surface area contributed by atoms with Crippen LogP contribution in [0.3, 0.4) is 0 Å². The first-order chi connectivity index (χ1) is 14.5. The average Bonchev–Trinajstić information content (AvgIpc) is 2.86. The molecular formula is C21H34Cl2N4NiO2. The van der Waals surface area contributed by atoms with Gasteiger partial charge in [-0.25, -0.2) is 0 Å². The number of aliphatic carboxylic acids is 1. The number of carboxylic acids is 1. The zero-order valence-corrected chi connectivity index (χ0v) is 20.1. The fourth-order valence-corrected chi connectivity index (χ4v) is 4.50. The third-order valence-electron chi connectivity index (χ3n) is 6.01. The molecule has 0 saturated carbocycles. The summed E-state index contributed by atoms with van der Waals surface area (Å²) in [5.41, 5.74) is 0.821. The number of carboxylic acid groups (broad SMARTS) is 1. The van der Waals surface area contributed by atoms with Crippen LogP contribution >= 0.6 is 20.4 Å². The molecule has 3 unspecified atom stereocenters. The standard InChI is InChI=1S/C21H34N4O2.2ClH.Ni/c1-21(19(20(26)27)15-18-5-3-2-4-6-18)16-24-11-9-22-7-8-23-10-12-25(17-21)14-13-24;;;/h2-6,19,22-23H,7-17H2,1H3,(H,26,27);2*1H;/q;;;+2/p-2. The van der Waals surface area contributed by atoms with E-state index in [0.29, 0.717) is 19.1 Å². The van der Waals surface area contributed by atoms with Crippen LogP contribution in [0.25, 0.3) is 0 Å². The van der Waals surface area contributed by atoms with Crippen molar-refractivity contribution >= 4 is 26.4 Å². The van der Waals surface area contributed by atoms with E-state index in [9.17, 15) is 9.90 Å². The van der Waals surface area contributed by atoms with Crippen molar-refractivity contribution in [2.45, 2.75) is 13.3 Å². The second-order valence-electron chi connectivity index (χ2n) is 8.33. The van der Waals surface area contributed by atoms with Crippen LogP contribution in [0.5, 0.6) is 0 Å². The van der Waals surface area contributed by atoms with Crippen LogP contribution in [0.15, 0.2) is 30.3 Å². The van der Waals surface area contributed by atoms with Crippen LogP contribution < -0.4 is 10.6 Å². The van der Waals surface area contributed by atoms with Crippen molar-refractivity contribution in [1.82, 2.24) is 20.4 Å². The zero-order chi connectivity index (χ0) is 21.8. The van der Waals surface area contributed by atoms with E-state index in [1.165, 1.54) is 0 Å². The number of halogens is 2. The van der Waals surface area contributed by atoms with Crippen molar-refractivity contribution in [3.63, 3.8) is 0 Å². The normalized spacial score (nSPS) is 28.9. The summed E-state index contributed by atoms with van der Waals surface area (Å²) in [5.74, 6) is -1.07. The molecule has 2 saturated heterocycles. The number of nitrogens with one attached hydrogen (secondary N) is 2. The molecule has 3 rings (SSSR count). The third-order valence-corrected chi connectivity index (χ3v) is 6.01. The SMILES string of the molecule is CC1(C(Cc2ccccc2)C(=O)O)CN2CCNCCNCCN(CC2)C1.[Cl][Ni][Cl]. The maximum atomic E-state index is 12.3. The van der Waals surface area contributed by atoms with Gasteiger partial charge in [0, 0.05) is 70.9 Å². The molecule has 1 aromatic carbocycles. The molecule has 0 spiro atoms. The summed E-state index contributed by atoms with van der Waals surface area (Å²) in [6.45, 7) is 11.7. The molecule has 9 heteroatoms. The van der Waals surface area contributed by atoms with Crippen molar-refractivity contribution in [3.05, 3.63) is 35.9 Å². The van der Waals surface area contributed by atoms with Gasteiger partial charge in [-0.15, -0.1) is 0 Å². The molecule has 3 atom stereocenters. The van der Waals surface area contributed by atoms with Crippen molar-refractivity contribution in [2.24, 2.45) is 11.3 Å². The van der Waals surface area contributed by atoms with Crippen LogP contribution in [0.4, 0.5) is 0 Å². The molecule has 174 valence electrons. The fraction of sp³-hybridized carbons (Fsp3) is 0.667. The number of nitrogens with zero attached hydrogens (tertiary/aromatic N) is 2. The number of carbonyl (C=O) groups is 1. The summed E-state index contributed by atoms with van der Waals surface area (Å²) in [7, 11) is 9.40. The molecule has 30 heavy (non-hydrogen) atoms. The Balaban J connectivity index is 0.00000101. The van der Waals surface area contributed by atoms with Crippen molar-refractivity contribution < 1.29 is 22.6 Å². The van der Waals surface area contributed by atoms with Gasteiger partial charge in [0.15, 0.2) is 0 Å². The fourth-order valence-electron chi connectivity index (χ4n) is 4.50. The zero-order valence-electron chi connectivity index (χ0n) is 17.6. The molecule has 3 N–H and O–H groups in total. The number of benzene rings is 1. The first-order valence-corrected chi connectivity index (χ1v) is 13.2. The Morgan fingerprint density at radius 2 is 1.53 bits per heavy atom. The Hall–Kier alpha value is -0.396. The van der Waals surface area contributed by atoms with Crippen molar-refractivity contribution in [3.8, 4) is 0 Å². The van der Waals surface area contributed by atoms with Gasteiger partial charge in [0.25, 0.3) is 0 Å². The Kier molecular flexibility index (Phi) is 12.0. The van der Waals surface area contributed by atoms with Crippen LogP contribution in [0.2, 0.25) is 0 Å². The van der Waals surface area contributed by atoms with Gasteiger partial charge in [-0.1, -0.05) is 37.3 Å². The molecule has 0 aromatic heterocycles. The molecule has 0 aliphatic carbocycles. The van der Waals surface area contributed by atoms with E-state index in [2.05, 4.69) is 27.4 Å². The van der Waals surface area contributed by atoms with E-state index in [1.807, 2.05) is 30.3 Å². The maximum absolute atomic E-state index is 12.3. The molecule has 0 radical (unpaired) electrons. The second-order valence-corrected chi connectivity index (χ2v) is 9.96. The summed E-state index contributed by atoms with van der Waals surface area (Å²) in [6.07, 6.45) is 0.588. The van der Waals surface area contributed by atoms with Gasteiger partial charge in [0.2, 0.25) is 0 Å². The van der Waals surface area contributed by atoms with Gasteiger partial charge >= 0.3 is 39.0 Å². The minimum absolute atomic E-state index is 0.285. The van der Waals surface area contributed by atoms with E-state index in [4.69, 9.17) is 20.4 Å². The summed E-state index contributed by atoms with van der Waals surface area (Å²) in [5, 5.41) is 17.1. The molecule has 2 fully saturated rings. The van der Waals surface area contributed by atoms with E-state index >= 15 is 0 Å². The topological polar surface area (TPSA) is 67.8 Å². The van der Waals surface area contributed by atoms with Crippen LogP contribution in [0, 0.1) is 11.3 Å². The van der Waals surface area contributed by atoms with Crippen LogP contribution in [-0.2, 0) is 23.9 Å². The Labute approximate surface area is 195 Å². The van der Waals surface area contributed by atoms with Crippen molar-refractivity contribution in [1.29, 1.82) is 0 Å². The van der Waals surface area contributed by atoms with Crippen LogP contribution in [-0.4, -0.2) is 86.3 Å². The average molecular weight is 504 g/mol. The monoisotopic (exact) mass is 502 g/mol. The first-order valence-electron chi connectivity index (χ1n) is 10.4. The summed E-state index contributed by atoms with van der Waals surface area (Å²) in [6, 6.07) is 10.1. The number of rotatable bonds is 4. The summed E-state index contributed by atoms with van der Waals surface area (Å²) < 4.78 is 0. The number of fused-ring (bicyclic) bond motifs is 3. The quantitative estimate of drug-likeness (QED) is 0.547. The Morgan fingerprint density at radius 3 is 2.00 bits per heavy atom.